The number of hydrogen-bond acceptors (Lipinski definition) is 4. The molecule has 2 rings (SSSR count). The van der Waals surface area contributed by atoms with Crippen LogP contribution >= 0.6 is 0 Å². The van der Waals surface area contributed by atoms with E-state index in [4.69, 9.17) is 0 Å². The van der Waals surface area contributed by atoms with E-state index in [1.165, 1.54) is 6.26 Å². The maximum Gasteiger partial charge on any atom is 0.442 e. The Kier molecular flexibility index (Phi) is 1.98. The second-order valence-electron chi connectivity index (χ2n) is 2.65. The molecule has 0 saturated heterocycles. The van der Waals surface area contributed by atoms with Crippen LogP contribution in [0.1, 0.15) is 0 Å². The van der Waals surface area contributed by atoms with Gasteiger partial charge in [0.05, 0.1) is 5.29 Å². The number of oxazole rings is 1. The second kappa shape index (κ2) is 3.29. The first-order valence-corrected chi connectivity index (χ1v) is 3.92. The van der Waals surface area contributed by atoms with Gasteiger partial charge in [-0.3, -0.25) is 0 Å². The third-order valence-electron chi connectivity index (χ3n) is 1.82. The smallest absolute Gasteiger partial charge is 0.414 e. The summed E-state index contributed by atoms with van der Waals surface area (Å²) in [5.74, 6) is -0.779. The summed E-state index contributed by atoms with van der Waals surface area (Å²) < 4.78 is 5.23. The van der Waals surface area contributed by atoms with Crippen molar-refractivity contribution in [3.63, 3.8) is 0 Å². The minimum atomic E-state index is -0.779. The third kappa shape index (κ3) is 1.24. The van der Waals surface area contributed by atoms with E-state index in [0.717, 1.165) is 0 Å². The number of nitrogens with zero attached hydrogens (tertiary/aromatic N) is 2. The molecule has 0 atom stereocenters. The molecule has 0 aliphatic heterocycles. The Hall–Kier alpha value is -2.17. The van der Waals surface area contributed by atoms with Gasteiger partial charge < -0.3 is 4.42 Å². The van der Waals surface area contributed by atoms with Crippen LogP contribution in [0.25, 0.3) is 11.3 Å². The Morgan fingerprint density at radius 1 is 1.21 bits per heavy atom. The second-order valence-corrected chi connectivity index (χ2v) is 2.65. The molecule has 1 heterocycles. The molecule has 0 bridgehead atoms. The van der Waals surface area contributed by atoms with E-state index in [0.29, 0.717) is 15.9 Å². The molecule has 0 aliphatic rings. The van der Waals surface area contributed by atoms with Crippen LogP contribution in [0.15, 0.2) is 51.1 Å². The monoisotopic (exact) mass is 190 g/mol. The number of aromatic nitrogens is 1. The van der Waals surface area contributed by atoms with Crippen molar-refractivity contribution >= 4 is 0 Å². The maximum atomic E-state index is 10.9. The lowest BCUT2D eigenvalue weighted by Gasteiger charge is -1.95. The lowest BCUT2D eigenvalue weighted by molar-refractivity contribution is 0.491. The summed E-state index contributed by atoms with van der Waals surface area (Å²) >= 11 is 0. The van der Waals surface area contributed by atoms with Crippen molar-refractivity contribution in [1.29, 1.82) is 0 Å². The first kappa shape index (κ1) is 8.43. The molecule has 0 unspecified atom stereocenters. The number of hydrogen-bond donors (Lipinski definition) is 0. The summed E-state index contributed by atoms with van der Waals surface area (Å²) in [5, 5.41) is 2.57. The van der Waals surface area contributed by atoms with E-state index in [9.17, 15) is 9.70 Å². The Bertz CT molecular complexity index is 498. The quantitative estimate of drug-likeness (QED) is 0.676. The standard InChI is InChI=1S/C9H6N2O3/c12-9-11(10-13)8(6-14-9)7-4-2-1-3-5-7/h1-6H. The van der Waals surface area contributed by atoms with Gasteiger partial charge in [0.15, 0.2) is 0 Å². The van der Waals surface area contributed by atoms with E-state index in [2.05, 4.69) is 9.70 Å². The van der Waals surface area contributed by atoms with Gasteiger partial charge in [-0.05, 0) is 0 Å². The minimum Gasteiger partial charge on any atom is -0.414 e. The van der Waals surface area contributed by atoms with Gasteiger partial charge in [-0.25, -0.2) is 4.79 Å². The predicted octanol–water partition coefficient (Wildman–Crippen LogP) is 1.64. The lowest BCUT2D eigenvalue weighted by Crippen LogP contribution is -2.09. The minimum absolute atomic E-state index is 0.352. The fraction of sp³-hybridized carbons (Fsp3) is 0. The van der Waals surface area contributed by atoms with Crippen molar-refractivity contribution in [2.24, 2.45) is 5.29 Å². The van der Waals surface area contributed by atoms with Gasteiger partial charge in [0.2, 0.25) is 0 Å². The molecule has 0 aliphatic carbocycles. The molecule has 1 aromatic heterocycles. The highest BCUT2D eigenvalue weighted by atomic mass is 16.4. The van der Waals surface area contributed by atoms with Crippen molar-refractivity contribution < 1.29 is 4.42 Å². The molecule has 0 N–H and O–H groups in total. The molecule has 1 aromatic carbocycles. The Labute approximate surface area is 78.5 Å². The summed E-state index contributed by atoms with van der Waals surface area (Å²) in [5.41, 5.74) is 1.06. The van der Waals surface area contributed by atoms with Crippen LogP contribution in [0, 0.1) is 4.91 Å². The Morgan fingerprint density at radius 2 is 1.93 bits per heavy atom. The highest BCUT2D eigenvalue weighted by Gasteiger charge is 2.09. The van der Waals surface area contributed by atoms with E-state index >= 15 is 0 Å². The molecular weight excluding hydrogens is 184 g/mol. The Balaban J connectivity index is 2.63. The number of rotatable bonds is 2. The molecule has 5 nitrogen and oxygen atoms in total. The molecule has 0 spiro atoms. The van der Waals surface area contributed by atoms with Gasteiger partial charge in [-0.2, -0.15) is 0 Å². The van der Waals surface area contributed by atoms with Crippen LogP contribution in [0.3, 0.4) is 0 Å². The fourth-order valence-electron chi connectivity index (χ4n) is 1.18. The van der Waals surface area contributed by atoms with E-state index in [1.807, 2.05) is 6.07 Å². The van der Waals surface area contributed by atoms with Crippen molar-refractivity contribution in [2.75, 3.05) is 0 Å². The first-order chi connectivity index (χ1) is 6.83. The average Bonchev–Trinajstić information content (AvgIpc) is 2.61. The summed E-state index contributed by atoms with van der Waals surface area (Å²) in [6, 6.07) is 8.93. The number of nitroso groups, excluding NO2 is 1. The van der Waals surface area contributed by atoms with Gasteiger partial charge in [-0.15, -0.1) is 9.58 Å². The molecule has 0 amide bonds. The van der Waals surface area contributed by atoms with Crippen LogP contribution in [0.5, 0.6) is 0 Å². The van der Waals surface area contributed by atoms with Gasteiger partial charge >= 0.3 is 5.76 Å². The molecule has 0 fully saturated rings. The summed E-state index contributed by atoms with van der Waals surface area (Å²) in [6.45, 7) is 0. The molecule has 0 saturated carbocycles. The van der Waals surface area contributed by atoms with Gasteiger partial charge in [0, 0.05) is 5.56 Å². The number of benzene rings is 1. The molecule has 2 aromatic rings. The molecule has 0 radical (unpaired) electrons. The van der Waals surface area contributed by atoms with Crippen LogP contribution in [-0.2, 0) is 0 Å². The van der Waals surface area contributed by atoms with E-state index in [-0.39, 0.29) is 0 Å². The zero-order chi connectivity index (χ0) is 9.97. The molecule has 14 heavy (non-hydrogen) atoms. The van der Waals surface area contributed by atoms with Crippen molar-refractivity contribution in [2.45, 2.75) is 0 Å². The molecule has 5 heteroatoms. The van der Waals surface area contributed by atoms with Crippen molar-refractivity contribution in [3.05, 3.63) is 52.1 Å². The van der Waals surface area contributed by atoms with Gasteiger partial charge in [0.25, 0.3) is 0 Å². The van der Waals surface area contributed by atoms with E-state index < -0.39 is 5.76 Å². The summed E-state index contributed by atoms with van der Waals surface area (Å²) in [4.78, 5) is 21.3. The first-order valence-electron chi connectivity index (χ1n) is 3.92. The van der Waals surface area contributed by atoms with Gasteiger partial charge in [-0.1, -0.05) is 30.3 Å². The highest BCUT2D eigenvalue weighted by molar-refractivity contribution is 5.57. The highest BCUT2D eigenvalue weighted by Crippen LogP contribution is 2.16. The van der Waals surface area contributed by atoms with Crippen molar-refractivity contribution in [1.82, 2.24) is 4.68 Å². The zero-order valence-electron chi connectivity index (χ0n) is 7.08. The lowest BCUT2D eigenvalue weighted by atomic mass is 10.2. The average molecular weight is 190 g/mol. The van der Waals surface area contributed by atoms with Gasteiger partial charge in [0.1, 0.15) is 12.0 Å². The maximum absolute atomic E-state index is 10.9. The zero-order valence-corrected chi connectivity index (χ0v) is 7.08. The normalized spacial score (nSPS) is 10.0. The van der Waals surface area contributed by atoms with Crippen LogP contribution in [0.2, 0.25) is 0 Å². The Morgan fingerprint density at radius 3 is 2.57 bits per heavy atom. The SMILES string of the molecule is O=Nn1c(-c2ccccc2)coc1=O. The molecular formula is C9H6N2O3. The third-order valence-corrected chi connectivity index (χ3v) is 1.82. The molecule has 70 valence electrons. The largest absolute Gasteiger partial charge is 0.442 e. The van der Waals surface area contributed by atoms with Crippen LogP contribution in [-0.4, -0.2) is 4.68 Å². The summed E-state index contributed by atoms with van der Waals surface area (Å²) in [7, 11) is 0. The topological polar surface area (TPSA) is 64.6 Å². The van der Waals surface area contributed by atoms with Crippen molar-refractivity contribution in [3.8, 4) is 11.3 Å². The predicted molar refractivity (Wildman–Crippen MR) is 49.6 cm³/mol. The van der Waals surface area contributed by atoms with Crippen LogP contribution < -0.4 is 5.76 Å². The van der Waals surface area contributed by atoms with Crippen LogP contribution in [0.4, 0.5) is 0 Å². The van der Waals surface area contributed by atoms with E-state index in [1.54, 1.807) is 24.3 Å². The summed E-state index contributed by atoms with van der Waals surface area (Å²) in [6.07, 6.45) is 1.21. The fourth-order valence-corrected chi connectivity index (χ4v) is 1.18.